The van der Waals surface area contributed by atoms with Gasteiger partial charge in [-0.3, -0.25) is 0 Å². The van der Waals surface area contributed by atoms with Crippen molar-refractivity contribution in [3.63, 3.8) is 0 Å². The molecule has 0 bridgehead atoms. The van der Waals surface area contributed by atoms with Crippen molar-refractivity contribution in [1.82, 2.24) is 0 Å². The minimum atomic E-state index is -0.102. The molecule has 1 unspecified atom stereocenters. The second-order valence-electron chi connectivity index (χ2n) is 5.68. The molecule has 87 valence electrons. The zero-order chi connectivity index (χ0) is 12.2. The quantitative estimate of drug-likeness (QED) is 0.542. The first kappa shape index (κ1) is 12.8. The molecule has 0 aliphatic heterocycles. The normalized spacial score (nSPS) is 28.9. The Bertz CT molecular complexity index is 352. The van der Waals surface area contributed by atoms with E-state index in [1.54, 1.807) is 12.2 Å². The maximum Gasteiger partial charge on any atom is 0.235 e. The van der Waals surface area contributed by atoms with E-state index in [1.165, 1.54) is 0 Å². The van der Waals surface area contributed by atoms with Gasteiger partial charge in [0, 0.05) is 0 Å². The van der Waals surface area contributed by atoms with Gasteiger partial charge in [0.2, 0.25) is 12.2 Å². The van der Waals surface area contributed by atoms with Crippen molar-refractivity contribution in [1.29, 1.82) is 0 Å². The van der Waals surface area contributed by atoms with Crippen LogP contribution in [-0.2, 0) is 9.59 Å². The SMILES string of the molecule is CC1(C)C[C](N=C=O)CC(C)(CN=C=O)C1. The van der Waals surface area contributed by atoms with Gasteiger partial charge >= 0.3 is 0 Å². The Kier molecular flexibility index (Phi) is 3.79. The van der Waals surface area contributed by atoms with Crippen LogP contribution < -0.4 is 0 Å². The summed E-state index contributed by atoms with van der Waals surface area (Å²) in [6, 6.07) is 0.856. The van der Waals surface area contributed by atoms with Gasteiger partial charge in [0.15, 0.2) is 0 Å². The summed E-state index contributed by atoms with van der Waals surface area (Å²) >= 11 is 0. The third-order valence-corrected chi connectivity index (χ3v) is 2.95. The number of isocyanates is 2. The first-order valence-corrected chi connectivity index (χ1v) is 5.37. The Balaban J connectivity index is 2.85. The van der Waals surface area contributed by atoms with E-state index in [1.807, 2.05) is 0 Å². The van der Waals surface area contributed by atoms with Crippen LogP contribution in [0.2, 0.25) is 0 Å². The minimum absolute atomic E-state index is 0.0844. The highest BCUT2D eigenvalue weighted by Crippen LogP contribution is 2.49. The standard InChI is InChI=1S/C12H17N2O2/c1-11(2)4-10(14-9-16)5-12(3,6-11)7-13-8-15/h4-7H2,1-3H3. The Hall–Kier alpha value is -1.24. The number of hydrogen-bond acceptors (Lipinski definition) is 4. The second kappa shape index (κ2) is 4.73. The molecular formula is C12H17N2O2. The molecule has 1 aliphatic rings. The predicted molar refractivity (Wildman–Crippen MR) is 60.1 cm³/mol. The van der Waals surface area contributed by atoms with Crippen molar-refractivity contribution in [3.05, 3.63) is 6.04 Å². The summed E-state index contributed by atoms with van der Waals surface area (Å²) in [6.45, 7) is 6.78. The van der Waals surface area contributed by atoms with Gasteiger partial charge in [-0.1, -0.05) is 20.8 Å². The average molecular weight is 221 g/mol. The molecule has 0 amide bonds. The fourth-order valence-electron chi connectivity index (χ4n) is 2.87. The van der Waals surface area contributed by atoms with Gasteiger partial charge in [0.25, 0.3) is 0 Å². The monoisotopic (exact) mass is 221 g/mol. The third kappa shape index (κ3) is 3.41. The highest BCUT2D eigenvalue weighted by molar-refractivity contribution is 5.36. The van der Waals surface area contributed by atoms with Gasteiger partial charge in [-0.25, -0.2) is 14.6 Å². The first-order chi connectivity index (χ1) is 7.41. The van der Waals surface area contributed by atoms with E-state index < -0.39 is 0 Å². The lowest BCUT2D eigenvalue weighted by atomic mass is 9.63. The lowest BCUT2D eigenvalue weighted by Gasteiger charge is -2.43. The van der Waals surface area contributed by atoms with Crippen molar-refractivity contribution in [3.8, 4) is 0 Å². The highest BCUT2D eigenvalue weighted by Gasteiger charge is 2.41. The van der Waals surface area contributed by atoms with Crippen LogP contribution in [-0.4, -0.2) is 18.7 Å². The number of carbonyl (C=O) groups excluding carboxylic acids is 2. The molecule has 0 N–H and O–H groups in total. The van der Waals surface area contributed by atoms with Crippen molar-refractivity contribution in [2.24, 2.45) is 20.8 Å². The van der Waals surface area contributed by atoms with Gasteiger partial charge in [-0.2, -0.15) is 4.99 Å². The van der Waals surface area contributed by atoms with Gasteiger partial charge in [0.05, 0.1) is 6.54 Å². The summed E-state index contributed by atoms with van der Waals surface area (Å²) in [5, 5.41) is 0. The fraction of sp³-hybridized carbons (Fsp3) is 0.750. The zero-order valence-corrected chi connectivity index (χ0v) is 10.0. The smallest absolute Gasteiger partial charge is 0.211 e. The molecular weight excluding hydrogens is 204 g/mol. The second-order valence-corrected chi connectivity index (χ2v) is 5.68. The molecule has 1 rings (SSSR count). The van der Waals surface area contributed by atoms with Crippen LogP contribution >= 0.6 is 0 Å². The molecule has 0 saturated heterocycles. The summed E-state index contributed by atoms with van der Waals surface area (Å²) in [5.74, 6) is 0. The van der Waals surface area contributed by atoms with E-state index in [0.717, 1.165) is 18.9 Å². The molecule has 1 aliphatic carbocycles. The predicted octanol–water partition coefficient (Wildman–Crippen LogP) is 2.41. The Morgan fingerprint density at radius 2 is 1.88 bits per heavy atom. The van der Waals surface area contributed by atoms with Crippen LogP contribution in [0.5, 0.6) is 0 Å². The minimum Gasteiger partial charge on any atom is -0.211 e. The van der Waals surface area contributed by atoms with Crippen LogP contribution in [0.1, 0.15) is 40.0 Å². The van der Waals surface area contributed by atoms with E-state index in [2.05, 4.69) is 30.8 Å². The van der Waals surface area contributed by atoms with E-state index in [4.69, 9.17) is 0 Å². The number of nitrogens with zero attached hydrogens (tertiary/aromatic N) is 2. The fourth-order valence-corrected chi connectivity index (χ4v) is 2.87. The lowest BCUT2D eigenvalue weighted by molar-refractivity contribution is 0.122. The molecule has 4 nitrogen and oxygen atoms in total. The van der Waals surface area contributed by atoms with Gasteiger partial charge < -0.3 is 0 Å². The van der Waals surface area contributed by atoms with Crippen molar-refractivity contribution in [2.45, 2.75) is 40.0 Å². The number of hydrogen-bond donors (Lipinski definition) is 0. The molecule has 16 heavy (non-hydrogen) atoms. The van der Waals surface area contributed by atoms with E-state index in [9.17, 15) is 9.59 Å². The topological polar surface area (TPSA) is 58.9 Å². The average Bonchev–Trinajstić information content (AvgIpc) is 2.12. The largest absolute Gasteiger partial charge is 0.235 e. The maximum atomic E-state index is 10.3. The number of aliphatic imine (C=N–C) groups is 2. The molecule has 0 spiro atoms. The van der Waals surface area contributed by atoms with Crippen LogP contribution in [0.4, 0.5) is 0 Å². The molecule has 0 aromatic rings. The Morgan fingerprint density at radius 3 is 2.44 bits per heavy atom. The third-order valence-electron chi connectivity index (χ3n) is 2.95. The summed E-state index contributed by atoms with van der Waals surface area (Å²) in [6.07, 6.45) is 5.65. The number of rotatable bonds is 3. The van der Waals surface area contributed by atoms with Gasteiger partial charge in [0.1, 0.15) is 6.04 Å². The van der Waals surface area contributed by atoms with E-state index in [-0.39, 0.29) is 10.8 Å². The van der Waals surface area contributed by atoms with Crippen LogP contribution in [0, 0.1) is 16.9 Å². The summed E-state index contributed by atoms with van der Waals surface area (Å²) in [7, 11) is 0. The van der Waals surface area contributed by atoms with Crippen molar-refractivity contribution >= 4 is 12.2 Å². The Morgan fingerprint density at radius 1 is 1.19 bits per heavy atom. The zero-order valence-electron chi connectivity index (χ0n) is 10.0. The molecule has 0 heterocycles. The van der Waals surface area contributed by atoms with E-state index >= 15 is 0 Å². The molecule has 1 radical (unpaired) electrons. The van der Waals surface area contributed by atoms with Gasteiger partial charge in [-0.05, 0) is 30.1 Å². The summed E-state index contributed by atoms with van der Waals surface area (Å²) < 4.78 is 0. The molecule has 0 aromatic carbocycles. The van der Waals surface area contributed by atoms with Crippen LogP contribution in [0.3, 0.4) is 0 Å². The molecule has 4 heteroatoms. The van der Waals surface area contributed by atoms with Crippen LogP contribution in [0.15, 0.2) is 9.98 Å². The molecule has 1 fully saturated rings. The Labute approximate surface area is 95.9 Å². The molecule has 0 aromatic heterocycles. The van der Waals surface area contributed by atoms with Crippen LogP contribution in [0.25, 0.3) is 0 Å². The maximum absolute atomic E-state index is 10.3. The summed E-state index contributed by atoms with van der Waals surface area (Å²) in [4.78, 5) is 27.9. The molecule has 1 saturated carbocycles. The van der Waals surface area contributed by atoms with Gasteiger partial charge in [-0.15, -0.1) is 0 Å². The lowest BCUT2D eigenvalue weighted by Crippen LogP contribution is -2.36. The van der Waals surface area contributed by atoms with E-state index in [0.29, 0.717) is 13.0 Å². The first-order valence-electron chi connectivity index (χ1n) is 5.37. The summed E-state index contributed by atoms with van der Waals surface area (Å²) in [5.41, 5.74) is -0.0179. The molecule has 1 atom stereocenters. The van der Waals surface area contributed by atoms with Crippen molar-refractivity contribution in [2.75, 3.05) is 6.54 Å². The highest BCUT2D eigenvalue weighted by atomic mass is 16.1. The van der Waals surface area contributed by atoms with Crippen molar-refractivity contribution < 1.29 is 9.59 Å².